The largest absolute Gasteiger partial charge is 0.494 e. The van der Waals surface area contributed by atoms with Gasteiger partial charge in [0.1, 0.15) is 42.7 Å². The van der Waals surface area contributed by atoms with E-state index in [-0.39, 0.29) is 59.8 Å². The van der Waals surface area contributed by atoms with Crippen LogP contribution in [0.15, 0.2) is 241 Å². The van der Waals surface area contributed by atoms with Crippen molar-refractivity contribution in [2.45, 2.75) is 57.0 Å². The van der Waals surface area contributed by atoms with Crippen LogP contribution in [0, 0.1) is 5.82 Å². The molecule has 3 atom stereocenters. The summed E-state index contributed by atoms with van der Waals surface area (Å²) in [6.45, 7) is 7.35. The van der Waals surface area contributed by atoms with Gasteiger partial charge in [-0.05, 0) is 162 Å². The van der Waals surface area contributed by atoms with Crippen LogP contribution in [0.4, 0.5) is 21.8 Å². The summed E-state index contributed by atoms with van der Waals surface area (Å²) in [5.74, 6) is -1.14. The van der Waals surface area contributed by atoms with E-state index in [0.717, 1.165) is 32.7 Å². The van der Waals surface area contributed by atoms with Gasteiger partial charge in [-0.2, -0.15) is 0 Å². The van der Waals surface area contributed by atoms with Gasteiger partial charge in [0.25, 0.3) is 17.7 Å². The second kappa shape index (κ2) is 37.2. The summed E-state index contributed by atoms with van der Waals surface area (Å²) >= 11 is 12.7. The van der Waals surface area contributed by atoms with Gasteiger partial charge in [0.05, 0.1) is 79.0 Å². The number of halogens is 5. The Morgan fingerprint density at radius 2 is 0.922 bits per heavy atom. The summed E-state index contributed by atoms with van der Waals surface area (Å²) in [5.41, 5.74) is 23.0. The summed E-state index contributed by atoms with van der Waals surface area (Å²) in [4.78, 5) is 89.0. The van der Waals surface area contributed by atoms with Gasteiger partial charge in [-0.15, -0.1) is 0 Å². The molecule has 24 nitrogen and oxygen atoms in total. The van der Waals surface area contributed by atoms with Crippen LogP contribution in [0.2, 0.25) is 0 Å². The number of carbonyl (C=O) groups excluding carboxylic acids is 3. The van der Waals surface area contributed by atoms with Crippen LogP contribution in [0.25, 0.3) is 33.8 Å². The van der Waals surface area contributed by atoms with Crippen LogP contribution in [0.3, 0.4) is 0 Å². The van der Waals surface area contributed by atoms with E-state index in [4.69, 9.17) is 26.5 Å². The Morgan fingerprint density at radius 1 is 0.505 bits per heavy atom. The molecule has 0 saturated carbocycles. The number of hydrogen-bond acceptors (Lipinski definition) is 19. The molecule has 6 aromatic carbocycles. The topological polar surface area (TPSA) is 388 Å². The number of nitrogens with zero attached hydrogens (tertiary/aromatic N) is 6. The van der Waals surface area contributed by atoms with Gasteiger partial charge in [-0.1, -0.05) is 121 Å². The second-order valence-corrected chi connectivity index (χ2v) is 26.7. The molecular weight excluding hydrogens is 1580 g/mol. The molecule has 1 saturated heterocycles. The number of anilines is 3. The molecule has 5 aromatic heterocycles. The number of rotatable bonds is 16. The molecule has 12 rings (SSSR count). The molecule has 103 heavy (non-hydrogen) atoms. The van der Waals surface area contributed by atoms with E-state index in [1.807, 2.05) is 107 Å². The molecule has 0 bridgehead atoms. The van der Waals surface area contributed by atoms with Crippen LogP contribution in [-0.4, -0.2) is 111 Å². The first-order valence-corrected chi connectivity index (χ1v) is 34.6. The molecule has 0 aliphatic carbocycles. The minimum absolute atomic E-state index is 0.0757. The Hall–Kier alpha value is -10.0. The van der Waals surface area contributed by atoms with E-state index in [1.165, 1.54) is 42.9 Å². The van der Waals surface area contributed by atoms with Crippen molar-refractivity contribution < 1.29 is 43.4 Å². The maximum atomic E-state index is 14.9. The maximum absolute atomic E-state index is 14.9. The molecule has 3 amide bonds. The van der Waals surface area contributed by atoms with Gasteiger partial charge >= 0.3 is 7.12 Å². The maximum Gasteiger partial charge on any atom is 0.494 e. The molecule has 530 valence electrons. The molecule has 30 heteroatoms. The number of pyridine rings is 2. The fraction of sp³-hybridized carbons (Fsp3) is 0.164. The number of hydrogen-bond donors (Lipinski definition) is 11. The highest BCUT2D eigenvalue weighted by atomic mass is 79.9. The molecule has 14 N–H and O–H groups in total. The Morgan fingerprint density at radius 3 is 1.35 bits per heavy atom. The number of aliphatic hydroxyl groups excluding tert-OH is 3. The van der Waals surface area contributed by atoms with E-state index >= 15 is 0 Å². The molecule has 1 fully saturated rings. The van der Waals surface area contributed by atoms with E-state index in [0.29, 0.717) is 64.7 Å². The zero-order valence-corrected chi connectivity index (χ0v) is 62.0. The van der Waals surface area contributed by atoms with Crippen LogP contribution >= 0.6 is 63.7 Å². The summed E-state index contributed by atoms with van der Waals surface area (Å²) in [6.07, 6.45) is 7.61. The van der Waals surface area contributed by atoms with Gasteiger partial charge in [-0.3, -0.25) is 24.0 Å². The average molecular weight is 1650 g/mol. The Bertz CT molecular complexity index is 4740. The standard InChI is InChI=1S/C24H20FN5O3.C21H26BNO4.C19H17BrN4O2.C5H4BrNO.C4H3Br2N3/c25-18-10-15(22-23(26)28-12-19(29-22)16-7-9-21(32)27-11-16)6-8-17(18)24(33)30-20(13-31)14-4-2-1-3-5-14;1-20(2)21(3,4)27-22(26-20)17-12-10-16(11-13-17)19(25)23-18(14-24)15-8-6-5-7-9-15;20-16-10-22-18(21)17(24-16)13-6-8-14(9-7-13)19(26)23-15(11-25)12-4-2-1-3-5-12;6-4-1-2-5(8)7-3-4;5-2-1-8-4(7)3(6)9-2/h1-12,20,31H,13H2,(H2,26,28)(H,27,32)(H,30,33);5-13,18,24H,14H2,1-4H3,(H,23,25);1-10,15,25H,11H2,(H2,21,22)(H,23,26);1-3H,(H,7,8);1H,(H2,7,8)/t20-;18-;15-;;/m111../s1. The lowest BCUT2D eigenvalue weighted by Crippen LogP contribution is -2.41. The number of carbonyl (C=O) groups is 3. The number of H-pyrrole nitrogens is 2. The number of benzene rings is 6. The van der Waals surface area contributed by atoms with Crippen molar-refractivity contribution in [3.63, 3.8) is 0 Å². The Balaban J connectivity index is 0.000000176. The minimum atomic E-state index is -0.773. The molecular formula is C73H70BBr4FN14O10. The van der Waals surface area contributed by atoms with Crippen LogP contribution < -0.4 is 49.7 Å². The van der Waals surface area contributed by atoms with Crippen molar-refractivity contribution >= 4 is 111 Å². The van der Waals surface area contributed by atoms with Crippen molar-refractivity contribution in [1.82, 2.24) is 55.8 Å². The van der Waals surface area contributed by atoms with Gasteiger partial charge in [-0.25, -0.2) is 34.3 Å². The zero-order chi connectivity index (χ0) is 74.4. The summed E-state index contributed by atoms with van der Waals surface area (Å²) in [7, 11) is -0.457. The SMILES string of the molecule is CC1(C)OB(c2ccc(C(=O)N[C@H](CO)c3ccccc3)cc2)OC1(C)C.Nc1ncc(-c2ccc(=O)[nH]c2)nc1-c1ccc(C(=O)N[C@H](CO)c2ccccc2)c(F)c1.Nc1ncc(Br)nc1-c1ccc(C(=O)N[C@H](CO)c2ccccc2)cc1.Nc1ncc(Br)nc1Br.O=c1ccc(Br)c[nH]1. The number of aromatic nitrogens is 8. The molecule has 1 aliphatic heterocycles. The van der Waals surface area contributed by atoms with E-state index in [1.54, 1.807) is 85.2 Å². The van der Waals surface area contributed by atoms with E-state index in [9.17, 15) is 43.7 Å². The van der Waals surface area contributed by atoms with Crippen LogP contribution in [0.1, 0.15) is 93.6 Å². The number of amides is 3. The fourth-order valence-corrected chi connectivity index (χ4v) is 10.9. The van der Waals surface area contributed by atoms with Gasteiger partial charge in [0.2, 0.25) is 11.1 Å². The number of nitrogen functional groups attached to an aromatic ring is 3. The molecule has 11 aromatic rings. The van der Waals surface area contributed by atoms with E-state index in [2.05, 4.69) is 120 Å². The summed E-state index contributed by atoms with van der Waals surface area (Å²) in [6, 6.07) is 50.2. The molecule has 1 aliphatic rings. The number of aromatic amines is 2. The second-order valence-electron chi connectivity index (χ2n) is 23.4. The van der Waals surface area contributed by atoms with Crippen LogP contribution in [-0.2, 0) is 9.31 Å². The van der Waals surface area contributed by atoms with Crippen molar-refractivity contribution in [2.24, 2.45) is 0 Å². The minimum Gasteiger partial charge on any atom is -0.399 e. The van der Waals surface area contributed by atoms with Gasteiger partial charge in [0, 0.05) is 56.8 Å². The van der Waals surface area contributed by atoms with Crippen LogP contribution in [0.5, 0.6) is 0 Å². The molecule has 0 radical (unpaired) electrons. The third kappa shape index (κ3) is 22.2. The third-order valence-corrected chi connectivity index (χ3v) is 17.6. The first-order chi connectivity index (χ1) is 49.3. The summed E-state index contributed by atoms with van der Waals surface area (Å²) in [5, 5.41) is 37.2. The quantitative estimate of drug-likeness (QED) is 0.0400. The predicted molar refractivity (Wildman–Crippen MR) is 407 cm³/mol. The van der Waals surface area contributed by atoms with E-state index < -0.39 is 48.2 Å². The molecule has 0 spiro atoms. The highest BCUT2D eigenvalue weighted by Crippen LogP contribution is 2.37. The average Bonchev–Trinajstić information content (AvgIpc) is 1.72. The first-order valence-electron chi connectivity index (χ1n) is 31.4. The Kier molecular flexibility index (Phi) is 28.5. The highest BCUT2D eigenvalue weighted by molar-refractivity contribution is 9.11. The lowest BCUT2D eigenvalue weighted by molar-refractivity contribution is 0.00578. The normalized spacial score (nSPS) is 13.2. The monoisotopic (exact) mass is 1650 g/mol. The third-order valence-electron chi connectivity index (χ3n) is 15.8. The summed E-state index contributed by atoms with van der Waals surface area (Å²) < 4.78 is 29.7. The highest BCUT2D eigenvalue weighted by Gasteiger charge is 2.51. The van der Waals surface area contributed by atoms with Gasteiger partial charge in [0.15, 0.2) is 5.82 Å². The van der Waals surface area contributed by atoms with Crippen molar-refractivity contribution in [2.75, 3.05) is 37.0 Å². The number of nitrogens with one attached hydrogen (secondary N) is 5. The van der Waals surface area contributed by atoms with Crippen molar-refractivity contribution in [1.29, 1.82) is 0 Å². The molecule has 0 unspecified atom stereocenters. The van der Waals surface area contributed by atoms with Gasteiger partial charge < -0.3 is 67.7 Å². The lowest BCUT2D eigenvalue weighted by Gasteiger charge is -2.32. The van der Waals surface area contributed by atoms with Crippen molar-refractivity contribution in [3.8, 4) is 33.8 Å². The number of nitrogens with two attached hydrogens (primary N) is 3. The Labute approximate surface area is 625 Å². The van der Waals surface area contributed by atoms with Crippen molar-refractivity contribution in [3.05, 3.63) is 291 Å². The molecule has 6 heterocycles. The zero-order valence-electron chi connectivity index (χ0n) is 55.6. The predicted octanol–water partition coefficient (Wildman–Crippen LogP) is 10.8. The smallest absolute Gasteiger partial charge is 0.399 e. The fourth-order valence-electron chi connectivity index (χ4n) is 9.53. The first kappa shape index (κ1) is 78.7. The lowest BCUT2D eigenvalue weighted by atomic mass is 9.79. The number of aliphatic hydroxyl groups is 3.